The molecule has 0 aliphatic carbocycles. The third-order valence-electron chi connectivity index (χ3n) is 6.71. The molecule has 0 radical (unpaired) electrons. The fraction of sp³-hybridized carbons (Fsp3) is 0.462. The first-order valence-corrected chi connectivity index (χ1v) is 11.7. The van der Waals surface area contributed by atoms with Gasteiger partial charge in [-0.25, -0.2) is 0 Å². The van der Waals surface area contributed by atoms with Crippen molar-refractivity contribution in [1.29, 1.82) is 0 Å². The summed E-state index contributed by atoms with van der Waals surface area (Å²) in [6, 6.07) is 12.5. The molecule has 6 heteroatoms. The van der Waals surface area contributed by atoms with Crippen LogP contribution in [0, 0.1) is 13.8 Å². The van der Waals surface area contributed by atoms with E-state index in [2.05, 4.69) is 45.7 Å². The molecule has 2 aromatic rings. The maximum Gasteiger partial charge on any atom is 0.313 e. The van der Waals surface area contributed by atoms with Gasteiger partial charge in [-0.3, -0.25) is 14.5 Å². The summed E-state index contributed by atoms with van der Waals surface area (Å²) in [5.74, 6) is -1.21. The Bertz CT molecular complexity index is 997. The Morgan fingerprint density at radius 2 is 1.75 bits per heavy atom. The van der Waals surface area contributed by atoms with E-state index < -0.39 is 11.8 Å². The summed E-state index contributed by atoms with van der Waals surface area (Å²) in [4.78, 5) is 29.8. The Hall–Kier alpha value is -2.86. The first-order valence-electron chi connectivity index (χ1n) is 11.7. The molecule has 0 aromatic heterocycles. The van der Waals surface area contributed by atoms with Crippen molar-refractivity contribution in [2.24, 2.45) is 0 Å². The van der Waals surface area contributed by atoms with Gasteiger partial charge < -0.3 is 15.5 Å². The zero-order valence-corrected chi connectivity index (χ0v) is 19.4. The van der Waals surface area contributed by atoms with E-state index in [1.54, 1.807) is 0 Å². The minimum absolute atomic E-state index is 0.0768. The van der Waals surface area contributed by atoms with Gasteiger partial charge in [0, 0.05) is 31.5 Å². The maximum absolute atomic E-state index is 12.6. The number of likely N-dealkylation sites (tertiary alicyclic amines) is 1. The monoisotopic (exact) mass is 434 g/mol. The van der Waals surface area contributed by atoms with Crippen LogP contribution in [0.5, 0.6) is 0 Å². The summed E-state index contributed by atoms with van der Waals surface area (Å²) < 4.78 is 0. The fourth-order valence-electron chi connectivity index (χ4n) is 4.93. The van der Waals surface area contributed by atoms with Gasteiger partial charge in [-0.15, -0.1) is 0 Å². The second-order valence-corrected chi connectivity index (χ2v) is 9.15. The average molecular weight is 435 g/mol. The van der Waals surface area contributed by atoms with E-state index in [0.717, 1.165) is 43.6 Å². The summed E-state index contributed by atoms with van der Waals surface area (Å²) in [7, 11) is 2.14. The molecule has 32 heavy (non-hydrogen) atoms. The topological polar surface area (TPSA) is 64.7 Å². The molecule has 2 amide bonds. The number of aryl methyl sites for hydroxylation is 3. The van der Waals surface area contributed by atoms with E-state index in [0.29, 0.717) is 12.2 Å². The molecule has 2 heterocycles. The van der Waals surface area contributed by atoms with Crippen molar-refractivity contribution >= 4 is 23.2 Å². The number of amides is 2. The van der Waals surface area contributed by atoms with Crippen molar-refractivity contribution in [3.63, 3.8) is 0 Å². The normalized spacial score (nSPS) is 17.0. The zero-order chi connectivity index (χ0) is 22.7. The molecule has 2 aromatic carbocycles. The molecule has 2 N–H and O–H groups in total. The van der Waals surface area contributed by atoms with Crippen LogP contribution in [0.1, 0.15) is 47.6 Å². The molecular formula is C26H34N4O2. The number of nitrogens with one attached hydrogen (secondary N) is 2. The Balaban J connectivity index is 1.45. The number of anilines is 2. The van der Waals surface area contributed by atoms with E-state index in [-0.39, 0.29) is 6.04 Å². The molecular weight excluding hydrogens is 400 g/mol. The van der Waals surface area contributed by atoms with E-state index in [1.165, 1.54) is 29.7 Å². The number of benzene rings is 2. The van der Waals surface area contributed by atoms with Crippen LogP contribution >= 0.6 is 0 Å². The van der Waals surface area contributed by atoms with Crippen LogP contribution in [0.4, 0.5) is 11.4 Å². The Kier molecular flexibility index (Phi) is 6.80. The third kappa shape index (κ3) is 4.96. The number of carbonyl (C=O) groups is 2. The van der Waals surface area contributed by atoms with Gasteiger partial charge in [0.15, 0.2) is 0 Å². The Morgan fingerprint density at radius 3 is 2.50 bits per heavy atom. The SMILES string of the molecule is Cc1ccc(NC(=O)C(=O)NCC(c2ccc3c(c2)CCCN3C)N2CCCC2)c(C)c1. The van der Waals surface area contributed by atoms with Gasteiger partial charge in [-0.2, -0.15) is 0 Å². The Labute approximate surface area is 191 Å². The van der Waals surface area contributed by atoms with Gasteiger partial charge in [0.1, 0.15) is 0 Å². The van der Waals surface area contributed by atoms with Crippen molar-refractivity contribution < 1.29 is 9.59 Å². The minimum atomic E-state index is -0.621. The number of rotatable bonds is 5. The van der Waals surface area contributed by atoms with Crippen LogP contribution in [0.3, 0.4) is 0 Å². The quantitative estimate of drug-likeness (QED) is 0.706. The first kappa shape index (κ1) is 22.3. The molecule has 0 bridgehead atoms. The first-order chi connectivity index (χ1) is 15.4. The summed E-state index contributed by atoms with van der Waals surface area (Å²) in [5.41, 5.74) is 6.63. The smallest absolute Gasteiger partial charge is 0.313 e. The van der Waals surface area contributed by atoms with Crippen molar-refractivity contribution in [3.8, 4) is 0 Å². The lowest BCUT2D eigenvalue weighted by molar-refractivity contribution is -0.136. The van der Waals surface area contributed by atoms with Gasteiger partial charge in [0.2, 0.25) is 0 Å². The lowest BCUT2D eigenvalue weighted by Crippen LogP contribution is -2.41. The predicted octanol–water partition coefficient (Wildman–Crippen LogP) is 3.58. The second-order valence-electron chi connectivity index (χ2n) is 9.15. The van der Waals surface area contributed by atoms with Crippen LogP contribution in [-0.2, 0) is 16.0 Å². The van der Waals surface area contributed by atoms with E-state index in [1.807, 2.05) is 32.0 Å². The van der Waals surface area contributed by atoms with Crippen molar-refractivity contribution in [1.82, 2.24) is 10.2 Å². The maximum atomic E-state index is 12.6. The molecule has 6 nitrogen and oxygen atoms in total. The lowest BCUT2D eigenvalue weighted by Gasteiger charge is -2.31. The molecule has 0 spiro atoms. The third-order valence-corrected chi connectivity index (χ3v) is 6.71. The number of hydrogen-bond donors (Lipinski definition) is 2. The fourth-order valence-corrected chi connectivity index (χ4v) is 4.93. The van der Waals surface area contributed by atoms with Crippen LogP contribution in [0.15, 0.2) is 36.4 Å². The summed E-state index contributed by atoms with van der Waals surface area (Å²) in [5, 5.41) is 5.64. The van der Waals surface area contributed by atoms with Crippen LogP contribution < -0.4 is 15.5 Å². The molecule has 0 saturated carbocycles. The molecule has 1 saturated heterocycles. The van der Waals surface area contributed by atoms with Crippen LogP contribution in [0.25, 0.3) is 0 Å². The van der Waals surface area contributed by atoms with Gasteiger partial charge in [-0.05, 0) is 81.4 Å². The highest BCUT2D eigenvalue weighted by Gasteiger charge is 2.26. The van der Waals surface area contributed by atoms with E-state index >= 15 is 0 Å². The molecule has 4 rings (SSSR count). The van der Waals surface area contributed by atoms with Gasteiger partial charge in [0.05, 0.1) is 6.04 Å². The summed E-state index contributed by atoms with van der Waals surface area (Å²) >= 11 is 0. The highest BCUT2D eigenvalue weighted by Crippen LogP contribution is 2.31. The van der Waals surface area contributed by atoms with Crippen molar-refractivity contribution in [3.05, 3.63) is 58.7 Å². The molecule has 1 atom stereocenters. The van der Waals surface area contributed by atoms with Gasteiger partial charge in [0.25, 0.3) is 0 Å². The average Bonchev–Trinajstić information content (AvgIpc) is 3.30. The lowest BCUT2D eigenvalue weighted by atomic mass is 9.96. The second kappa shape index (κ2) is 9.74. The standard InChI is InChI=1S/C26H34N4O2/c1-18-8-10-22(19(2)15-18)28-26(32)25(31)27-17-24(30-13-4-5-14-30)21-9-11-23-20(16-21)7-6-12-29(23)3/h8-11,15-16,24H,4-7,12-14,17H2,1-3H3,(H,27,31)(H,28,32). The molecule has 1 fully saturated rings. The number of nitrogens with zero attached hydrogens (tertiary/aromatic N) is 2. The summed E-state index contributed by atoms with van der Waals surface area (Å²) in [6.07, 6.45) is 4.60. The predicted molar refractivity (Wildman–Crippen MR) is 129 cm³/mol. The van der Waals surface area contributed by atoms with Gasteiger partial charge >= 0.3 is 11.8 Å². The largest absolute Gasteiger partial charge is 0.374 e. The highest BCUT2D eigenvalue weighted by molar-refractivity contribution is 6.39. The molecule has 170 valence electrons. The highest BCUT2D eigenvalue weighted by atomic mass is 16.2. The van der Waals surface area contributed by atoms with Gasteiger partial charge in [-0.1, -0.05) is 29.8 Å². The summed E-state index contributed by atoms with van der Waals surface area (Å²) in [6.45, 7) is 7.49. The number of carbonyl (C=O) groups excluding carboxylic acids is 2. The van der Waals surface area contributed by atoms with E-state index in [9.17, 15) is 9.59 Å². The number of hydrogen-bond acceptors (Lipinski definition) is 4. The van der Waals surface area contributed by atoms with Crippen molar-refractivity contribution in [2.45, 2.75) is 45.6 Å². The van der Waals surface area contributed by atoms with Crippen LogP contribution in [0.2, 0.25) is 0 Å². The van der Waals surface area contributed by atoms with E-state index in [4.69, 9.17) is 0 Å². The minimum Gasteiger partial charge on any atom is -0.374 e. The molecule has 2 aliphatic rings. The molecule has 2 aliphatic heterocycles. The van der Waals surface area contributed by atoms with Crippen molar-refractivity contribution in [2.75, 3.05) is 43.4 Å². The molecule has 1 unspecified atom stereocenters. The zero-order valence-electron chi connectivity index (χ0n) is 19.4. The van der Waals surface area contributed by atoms with Crippen LogP contribution in [-0.4, -0.2) is 49.9 Å². The Morgan fingerprint density at radius 1 is 0.969 bits per heavy atom. The number of fused-ring (bicyclic) bond motifs is 1.